The second-order valence-corrected chi connectivity index (χ2v) is 6.35. The van der Waals surface area contributed by atoms with E-state index in [1.807, 2.05) is 12.1 Å². The fourth-order valence-electron chi connectivity index (χ4n) is 2.64. The van der Waals surface area contributed by atoms with E-state index in [1.165, 1.54) is 38.5 Å². The molecule has 0 unspecified atom stereocenters. The summed E-state index contributed by atoms with van der Waals surface area (Å²) in [4.78, 5) is 0. The quantitative estimate of drug-likeness (QED) is 0.354. The topological polar surface area (TPSA) is 47.6 Å². The predicted molar refractivity (Wildman–Crippen MR) is 85.4 cm³/mol. The zero-order valence-corrected chi connectivity index (χ0v) is 14.2. The van der Waals surface area contributed by atoms with Crippen LogP contribution in [0.4, 0.5) is 13.2 Å². The minimum atomic E-state index is -4.31. The second kappa shape index (κ2) is 12.2. The smallest absolute Gasteiger partial charge is 0.197 e. The van der Waals surface area contributed by atoms with Gasteiger partial charge in [0, 0.05) is 6.42 Å². The molecule has 5 heteroatoms. The Morgan fingerprint density at radius 3 is 1.48 bits per heavy atom. The van der Waals surface area contributed by atoms with Gasteiger partial charge in [0.2, 0.25) is 0 Å². The molecule has 0 spiro atoms. The van der Waals surface area contributed by atoms with Gasteiger partial charge in [0.1, 0.15) is 5.41 Å². The van der Waals surface area contributed by atoms with E-state index in [1.54, 1.807) is 0 Å². The third-order valence-electron chi connectivity index (χ3n) is 4.22. The van der Waals surface area contributed by atoms with Gasteiger partial charge < -0.3 is 0 Å². The maximum Gasteiger partial charge on any atom is 0.389 e. The molecule has 0 radical (unpaired) electrons. The van der Waals surface area contributed by atoms with E-state index in [0.29, 0.717) is 6.42 Å². The molecule has 0 N–H and O–H groups in total. The van der Waals surface area contributed by atoms with Crippen molar-refractivity contribution in [2.24, 2.45) is 5.41 Å². The van der Waals surface area contributed by atoms with Crippen molar-refractivity contribution in [3.63, 3.8) is 0 Å². The molecule has 2 nitrogen and oxygen atoms in total. The van der Waals surface area contributed by atoms with Crippen LogP contribution < -0.4 is 0 Å². The highest BCUT2D eigenvalue weighted by molar-refractivity contribution is 5.13. The third kappa shape index (κ3) is 11.9. The highest BCUT2D eigenvalue weighted by Crippen LogP contribution is 2.34. The Hall–Kier alpha value is -1.23. The molecule has 0 fully saturated rings. The van der Waals surface area contributed by atoms with Gasteiger partial charge in [-0.15, -0.1) is 0 Å². The van der Waals surface area contributed by atoms with Crippen LogP contribution in [0.2, 0.25) is 0 Å². The summed E-state index contributed by atoms with van der Waals surface area (Å²) in [7, 11) is 0. The number of nitrogens with zero attached hydrogens (tertiary/aromatic N) is 2. The van der Waals surface area contributed by atoms with E-state index in [4.69, 9.17) is 10.5 Å². The van der Waals surface area contributed by atoms with Gasteiger partial charge in [0.05, 0.1) is 12.1 Å². The summed E-state index contributed by atoms with van der Waals surface area (Å²) >= 11 is 0. The SMILES string of the molecule is CCCCCCCCCCCCC(C#N)(C#N)CCC(F)(F)F. The molecule has 0 saturated heterocycles. The van der Waals surface area contributed by atoms with Crippen molar-refractivity contribution >= 4 is 0 Å². The Kier molecular flexibility index (Phi) is 11.6. The summed E-state index contributed by atoms with van der Waals surface area (Å²) in [5.41, 5.74) is -1.48. The van der Waals surface area contributed by atoms with Gasteiger partial charge in [-0.25, -0.2) is 0 Å². The zero-order valence-electron chi connectivity index (χ0n) is 14.2. The van der Waals surface area contributed by atoms with Crippen LogP contribution in [-0.4, -0.2) is 6.18 Å². The molecule has 132 valence electrons. The van der Waals surface area contributed by atoms with Gasteiger partial charge in [-0.05, 0) is 12.8 Å². The lowest BCUT2D eigenvalue weighted by atomic mass is 9.81. The fourth-order valence-corrected chi connectivity index (χ4v) is 2.64. The van der Waals surface area contributed by atoms with Crippen molar-refractivity contribution in [1.82, 2.24) is 0 Å². The third-order valence-corrected chi connectivity index (χ3v) is 4.22. The molecule has 0 aromatic carbocycles. The van der Waals surface area contributed by atoms with E-state index in [-0.39, 0.29) is 6.42 Å². The predicted octanol–water partition coefficient (Wildman–Crippen LogP) is 6.67. The van der Waals surface area contributed by atoms with Crippen LogP contribution in [0.1, 0.15) is 90.4 Å². The molecular formula is C18H29F3N2. The van der Waals surface area contributed by atoms with Crippen LogP contribution in [0.25, 0.3) is 0 Å². The summed E-state index contributed by atoms with van der Waals surface area (Å²) in [6.45, 7) is 2.19. The van der Waals surface area contributed by atoms with Gasteiger partial charge >= 0.3 is 6.18 Å². The average molecular weight is 330 g/mol. The summed E-state index contributed by atoms with van der Waals surface area (Å²) in [5, 5.41) is 18.2. The Morgan fingerprint density at radius 2 is 1.09 bits per heavy atom. The number of rotatable bonds is 13. The van der Waals surface area contributed by atoms with Crippen LogP contribution in [0, 0.1) is 28.1 Å². The molecule has 0 heterocycles. The van der Waals surface area contributed by atoms with Crippen molar-refractivity contribution in [2.75, 3.05) is 0 Å². The average Bonchev–Trinajstić information content (AvgIpc) is 2.51. The standard InChI is InChI=1S/C18H29F3N2/c1-2-3-4-5-6-7-8-9-10-11-12-17(15-22,16-23)13-14-18(19,20)21/h2-14H2,1H3. The van der Waals surface area contributed by atoms with Crippen molar-refractivity contribution in [3.8, 4) is 12.1 Å². The van der Waals surface area contributed by atoms with Crippen molar-refractivity contribution < 1.29 is 13.2 Å². The first-order valence-electron chi connectivity index (χ1n) is 8.78. The van der Waals surface area contributed by atoms with Gasteiger partial charge in [-0.1, -0.05) is 71.1 Å². The molecule has 0 aromatic rings. The lowest BCUT2D eigenvalue weighted by molar-refractivity contribution is -0.138. The van der Waals surface area contributed by atoms with Gasteiger partial charge in [0.25, 0.3) is 0 Å². The molecule has 0 aliphatic carbocycles. The van der Waals surface area contributed by atoms with E-state index in [2.05, 4.69) is 6.92 Å². The summed E-state index contributed by atoms with van der Waals surface area (Å²) in [6, 6.07) is 3.61. The van der Waals surface area contributed by atoms with Crippen LogP contribution >= 0.6 is 0 Å². The first-order chi connectivity index (χ1) is 10.9. The first-order valence-corrected chi connectivity index (χ1v) is 8.78. The monoisotopic (exact) mass is 330 g/mol. The minimum absolute atomic E-state index is 0.243. The van der Waals surface area contributed by atoms with Crippen LogP contribution in [0.3, 0.4) is 0 Å². The number of halogens is 3. The minimum Gasteiger partial charge on any atom is -0.197 e. The molecule has 0 saturated carbocycles. The van der Waals surface area contributed by atoms with Gasteiger partial charge in [-0.2, -0.15) is 23.7 Å². The Morgan fingerprint density at radius 1 is 0.652 bits per heavy atom. The molecular weight excluding hydrogens is 301 g/mol. The zero-order chi connectivity index (χ0) is 17.6. The van der Waals surface area contributed by atoms with Crippen LogP contribution in [0.15, 0.2) is 0 Å². The van der Waals surface area contributed by atoms with E-state index in [0.717, 1.165) is 19.3 Å². The van der Waals surface area contributed by atoms with Crippen molar-refractivity contribution in [1.29, 1.82) is 10.5 Å². The molecule has 23 heavy (non-hydrogen) atoms. The molecule has 0 aliphatic heterocycles. The fraction of sp³-hybridized carbons (Fsp3) is 0.889. The lowest BCUT2D eigenvalue weighted by Gasteiger charge is -2.19. The molecule has 0 bridgehead atoms. The van der Waals surface area contributed by atoms with Gasteiger partial charge in [-0.3, -0.25) is 0 Å². The molecule has 0 aromatic heterocycles. The molecule has 0 amide bonds. The number of hydrogen-bond acceptors (Lipinski definition) is 2. The maximum absolute atomic E-state index is 12.3. The summed E-state index contributed by atoms with van der Waals surface area (Å²) < 4.78 is 36.8. The second-order valence-electron chi connectivity index (χ2n) is 6.35. The van der Waals surface area contributed by atoms with E-state index >= 15 is 0 Å². The maximum atomic E-state index is 12.3. The molecule has 0 rings (SSSR count). The largest absolute Gasteiger partial charge is 0.389 e. The van der Waals surface area contributed by atoms with Crippen molar-refractivity contribution in [3.05, 3.63) is 0 Å². The van der Waals surface area contributed by atoms with Crippen LogP contribution in [0.5, 0.6) is 0 Å². The Labute approximate surface area is 138 Å². The lowest BCUT2D eigenvalue weighted by Crippen LogP contribution is -2.20. The number of hydrogen-bond donors (Lipinski definition) is 0. The number of alkyl halides is 3. The number of unbranched alkanes of at least 4 members (excludes halogenated alkanes) is 9. The van der Waals surface area contributed by atoms with Crippen LogP contribution in [-0.2, 0) is 0 Å². The van der Waals surface area contributed by atoms with E-state index < -0.39 is 24.4 Å². The Balaban J connectivity index is 3.81. The summed E-state index contributed by atoms with van der Waals surface area (Å²) in [5.74, 6) is 0. The molecule has 0 aliphatic rings. The molecule has 0 atom stereocenters. The summed E-state index contributed by atoms with van der Waals surface area (Å²) in [6.07, 6.45) is 5.68. The highest BCUT2D eigenvalue weighted by atomic mass is 19.4. The number of nitriles is 2. The highest BCUT2D eigenvalue weighted by Gasteiger charge is 2.36. The first kappa shape index (κ1) is 21.8. The normalized spacial score (nSPS) is 11.9. The van der Waals surface area contributed by atoms with Gasteiger partial charge in [0.15, 0.2) is 0 Å². The van der Waals surface area contributed by atoms with E-state index in [9.17, 15) is 13.2 Å². The van der Waals surface area contributed by atoms with Crippen molar-refractivity contribution in [2.45, 2.75) is 96.6 Å². The Bertz CT molecular complexity index is 363.